The molecule has 1 rings (SSSR count). The van der Waals surface area contributed by atoms with Crippen LogP contribution < -0.4 is 0 Å². The van der Waals surface area contributed by atoms with Gasteiger partial charge in [-0.15, -0.1) is 0 Å². The average Bonchev–Trinajstić information content (AvgIpc) is 2.35. The molecule has 0 aliphatic heterocycles. The smallest absolute Gasteiger partial charge is 0.255 e. The lowest BCUT2D eigenvalue weighted by Crippen LogP contribution is -2.52. The van der Waals surface area contributed by atoms with E-state index in [1.807, 2.05) is 0 Å². The summed E-state index contributed by atoms with van der Waals surface area (Å²) in [5, 5.41) is 0. The van der Waals surface area contributed by atoms with Crippen molar-refractivity contribution in [2.75, 3.05) is 0 Å². The minimum Gasteiger partial charge on any atom is -0.255 e. The number of rotatable bonds is 4. The Bertz CT molecular complexity index is 502. The van der Waals surface area contributed by atoms with E-state index in [4.69, 9.17) is 0 Å². The lowest BCUT2D eigenvalue weighted by molar-refractivity contribution is -0.344. The van der Waals surface area contributed by atoms with Crippen LogP contribution in [0.1, 0.15) is 5.56 Å². The van der Waals surface area contributed by atoms with Crippen LogP contribution in [0.4, 0.5) is 30.7 Å². The zero-order chi connectivity index (χ0) is 15.6. The first-order valence-corrected chi connectivity index (χ1v) is 5.11. The predicted molar refractivity (Wildman–Crippen MR) is 59.1 cm³/mol. The van der Waals surface area contributed by atoms with E-state index in [-0.39, 0.29) is 5.56 Å². The van der Waals surface area contributed by atoms with Gasteiger partial charge in [0.05, 0.1) is 0 Å². The first-order valence-electron chi connectivity index (χ1n) is 5.11. The van der Waals surface area contributed by atoms with Gasteiger partial charge in [0.2, 0.25) is 0 Å². The number of allylic oxidation sites excluding steroid dienone is 1. The molecule has 0 aliphatic rings. The van der Waals surface area contributed by atoms with Gasteiger partial charge in [-0.1, -0.05) is 36.9 Å². The van der Waals surface area contributed by atoms with Gasteiger partial charge in [0.1, 0.15) is 5.70 Å². The highest BCUT2D eigenvalue weighted by molar-refractivity contribution is 5.80. The Morgan fingerprint density at radius 1 is 0.950 bits per heavy atom. The van der Waals surface area contributed by atoms with Gasteiger partial charge >= 0.3 is 18.0 Å². The van der Waals surface area contributed by atoms with Gasteiger partial charge in [-0.25, -0.2) is 0 Å². The van der Waals surface area contributed by atoms with Crippen LogP contribution in [0.25, 0.3) is 0 Å². The van der Waals surface area contributed by atoms with Crippen LogP contribution in [0.2, 0.25) is 0 Å². The molecule has 0 saturated heterocycles. The van der Waals surface area contributed by atoms with Crippen molar-refractivity contribution in [3.63, 3.8) is 0 Å². The average molecular weight is 299 g/mol. The number of hydrogen-bond acceptors (Lipinski definition) is 1. The Balaban J connectivity index is 2.99. The summed E-state index contributed by atoms with van der Waals surface area (Å²) in [6.07, 6.45) is -5.68. The summed E-state index contributed by atoms with van der Waals surface area (Å²) < 4.78 is 87.4. The minimum atomic E-state index is -6.40. The van der Waals surface area contributed by atoms with E-state index in [1.54, 1.807) is 6.07 Å². The molecule has 1 aromatic rings. The molecule has 0 N–H and O–H groups in total. The Morgan fingerprint density at radius 3 is 1.90 bits per heavy atom. The summed E-state index contributed by atoms with van der Waals surface area (Å²) in [6.45, 7) is 2.49. The van der Waals surface area contributed by atoms with Gasteiger partial charge in [-0.05, 0) is 5.56 Å². The van der Waals surface area contributed by atoms with Crippen molar-refractivity contribution < 1.29 is 30.7 Å². The topological polar surface area (TPSA) is 12.4 Å². The van der Waals surface area contributed by atoms with Crippen LogP contribution in [0.15, 0.2) is 47.6 Å². The Labute approximate surface area is 109 Å². The molecule has 0 atom stereocenters. The van der Waals surface area contributed by atoms with Crippen molar-refractivity contribution in [1.82, 2.24) is 0 Å². The molecule has 0 fully saturated rings. The second kappa shape index (κ2) is 5.26. The number of aliphatic imine (C=N–C) groups is 1. The van der Waals surface area contributed by atoms with E-state index in [2.05, 4.69) is 11.6 Å². The molecule has 0 unspecified atom stereocenters. The van der Waals surface area contributed by atoms with E-state index in [0.29, 0.717) is 0 Å². The molecule has 0 saturated carbocycles. The molecule has 0 radical (unpaired) electrons. The van der Waals surface area contributed by atoms with Gasteiger partial charge in [0.25, 0.3) is 0 Å². The van der Waals surface area contributed by atoms with Crippen LogP contribution in [-0.2, 0) is 0 Å². The lowest BCUT2D eigenvalue weighted by Gasteiger charge is -2.27. The summed E-state index contributed by atoms with van der Waals surface area (Å²) in [5.41, 5.74) is -1.62. The van der Waals surface area contributed by atoms with Crippen molar-refractivity contribution >= 4 is 6.21 Å². The Kier molecular flexibility index (Phi) is 4.26. The molecule has 1 nitrogen and oxygen atoms in total. The van der Waals surface area contributed by atoms with E-state index in [1.165, 1.54) is 24.3 Å². The second-order valence-corrected chi connectivity index (χ2v) is 3.76. The normalized spacial score (nSPS) is 13.8. The van der Waals surface area contributed by atoms with Crippen molar-refractivity contribution in [3.8, 4) is 0 Å². The van der Waals surface area contributed by atoms with Crippen LogP contribution >= 0.6 is 0 Å². The highest BCUT2D eigenvalue weighted by Crippen LogP contribution is 2.49. The maximum absolute atomic E-state index is 13.1. The third-order valence-corrected chi connectivity index (χ3v) is 2.28. The Morgan fingerprint density at radius 2 is 1.45 bits per heavy atom. The molecule has 0 heterocycles. The van der Waals surface area contributed by atoms with Crippen molar-refractivity contribution in [3.05, 3.63) is 48.2 Å². The number of halogens is 7. The molecule has 0 bridgehead atoms. The van der Waals surface area contributed by atoms with Gasteiger partial charge < -0.3 is 0 Å². The quantitative estimate of drug-likeness (QED) is 0.575. The number of nitrogens with zero attached hydrogens (tertiary/aromatic N) is 1. The molecule has 0 aromatic heterocycles. The zero-order valence-electron chi connectivity index (χ0n) is 9.76. The molecule has 20 heavy (non-hydrogen) atoms. The van der Waals surface area contributed by atoms with E-state index >= 15 is 0 Å². The van der Waals surface area contributed by atoms with Crippen LogP contribution in [0, 0.1) is 0 Å². The largest absolute Gasteiger partial charge is 0.460 e. The Hall–Kier alpha value is -1.86. The molecular formula is C12H8F7N. The predicted octanol–water partition coefficient (Wildman–Crippen LogP) is 4.45. The monoisotopic (exact) mass is 299 g/mol. The summed E-state index contributed by atoms with van der Waals surface area (Å²) in [4.78, 5) is 2.90. The van der Waals surface area contributed by atoms with E-state index < -0.39 is 23.7 Å². The molecule has 8 heteroatoms. The fourth-order valence-electron chi connectivity index (χ4n) is 1.13. The van der Waals surface area contributed by atoms with Crippen molar-refractivity contribution in [1.29, 1.82) is 0 Å². The first kappa shape index (κ1) is 16.2. The SMILES string of the molecule is C=C(N=Cc1ccccc1)C(F)(F)C(F)(F)C(F)(F)F. The van der Waals surface area contributed by atoms with Crippen LogP contribution in [0.3, 0.4) is 0 Å². The number of alkyl halides is 7. The maximum Gasteiger partial charge on any atom is 0.460 e. The van der Waals surface area contributed by atoms with Crippen molar-refractivity contribution in [2.24, 2.45) is 4.99 Å². The first-order chi connectivity index (χ1) is 9.00. The van der Waals surface area contributed by atoms with Gasteiger partial charge in [-0.2, -0.15) is 30.7 Å². The number of hydrogen-bond donors (Lipinski definition) is 0. The van der Waals surface area contributed by atoms with Crippen molar-refractivity contribution in [2.45, 2.75) is 18.0 Å². The van der Waals surface area contributed by atoms with Gasteiger partial charge in [0, 0.05) is 6.21 Å². The second-order valence-electron chi connectivity index (χ2n) is 3.76. The molecule has 110 valence electrons. The van der Waals surface area contributed by atoms with Crippen LogP contribution in [-0.4, -0.2) is 24.2 Å². The summed E-state index contributed by atoms with van der Waals surface area (Å²) in [6, 6.07) is 7.41. The summed E-state index contributed by atoms with van der Waals surface area (Å²) in [5.74, 6) is -11.8. The van der Waals surface area contributed by atoms with Crippen LogP contribution in [0.5, 0.6) is 0 Å². The summed E-state index contributed by atoms with van der Waals surface area (Å²) in [7, 11) is 0. The molecular weight excluding hydrogens is 291 g/mol. The minimum absolute atomic E-state index is 0.250. The van der Waals surface area contributed by atoms with Gasteiger partial charge in [-0.3, -0.25) is 4.99 Å². The van der Waals surface area contributed by atoms with E-state index in [0.717, 1.165) is 6.21 Å². The molecule has 1 aromatic carbocycles. The third kappa shape index (κ3) is 3.00. The zero-order valence-corrected chi connectivity index (χ0v) is 9.76. The lowest BCUT2D eigenvalue weighted by atomic mass is 10.1. The fraction of sp³-hybridized carbons (Fsp3) is 0.250. The van der Waals surface area contributed by atoms with E-state index in [9.17, 15) is 30.7 Å². The number of benzene rings is 1. The fourth-order valence-corrected chi connectivity index (χ4v) is 1.13. The van der Waals surface area contributed by atoms with Gasteiger partial charge in [0.15, 0.2) is 0 Å². The third-order valence-electron chi connectivity index (χ3n) is 2.28. The molecule has 0 amide bonds. The highest BCUT2D eigenvalue weighted by atomic mass is 19.4. The summed E-state index contributed by atoms with van der Waals surface area (Å²) >= 11 is 0. The highest BCUT2D eigenvalue weighted by Gasteiger charge is 2.74. The molecule has 0 aliphatic carbocycles. The maximum atomic E-state index is 13.1. The standard InChI is InChI=1S/C12H8F7N/c1-8(20-7-9-5-3-2-4-6-9)10(13,14)11(15,16)12(17,18)19/h2-7H,1H2. The molecule has 0 spiro atoms.